The number of hydrogen-bond acceptors (Lipinski definition) is 3. The van der Waals surface area contributed by atoms with E-state index in [0.717, 1.165) is 46.2 Å². The number of halogens is 1. The number of aryl methyl sites for hydroxylation is 1. The van der Waals surface area contributed by atoms with E-state index in [-0.39, 0.29) is 5.82 Å². The average Bonchev–Trinajstić information content (AvgIpc) is 2.92. The minimum Gasteiger partial charge on any atom is -0.497 e. The highest BCUT2D eigenvalue weighted by Gasteiger charge is 2.14. The number of likely N-dealkylation sites (tertiary alicyclic amines) is 1. The SMILES string of the molecule is COc1ccc2c(Oc3ccc(CC/C=C/N4CCCCC4)cc3)c(-c3cccc(F)c3)ccc2c1. The molecule has 4 aromatic rings. The first kappa shape index (κ1) is 23.9. The van der Waals surface area contributed by atoms with Gasteiger partial charge in [-0.25, -0.2) is 4.39 Å². The predicted molar refractivity (Wildman–Crippen MR) is 145 cm³/mol. The third-order valence-electron chi connectivity index (χ3n) is 6.76. The monoisotopic (exact) mass is 481 g/mol. The van der Waals surface area contributed by atoms with Crippen molar-refractivity contribution in [2.45, 2.75) is 32.1 Å². The lowest BCUT2D eigenvalue weighted by Crippen LogP contribution is -2.24. The van der Waals surface area contributed by atoms with Crippen LogP contribution in [0.1, 0.15) is 31.2 Å². The van der Waals surface area contributed by atoms with Gasteiger partial charge >= 0.3 is 0 Å². The number of piperidine rings is 1. The van der Waals surface area contributed by atoms with E-state index in [0.29, 0.717) is 5.75 Å². The molecule has 0 bridgehead atoms. The molecule has 0 aromatic heterocycles. The molecule has 184 valence electrons. The van der Waals surface area contributed by atoms with Gasteiger partial charge in [0.2, 0.25) is 0 Å². The first-order valence-electron chi connectivity index (χ1n) is 12.7. The molecule has 4 heteroatoms. The molecule has 0 amide bonds. The van der Waals surface area contributed by atoms with Crippen LogP contribution in [0, 0.1) is 5.82 Å². The lowest BCUT2D eigenvalue weighted by atomic mass is 9.99. The van der Waals surface area contributed by atoms with Gasteiger partial charge in [0.25, 0.3) is 0 Å². The van der Waals surface area contributed by atoms with Gasteiger partial charge < -0.3 is 14.4 Å². The molecule has 0 saturated carbocycles. The first-order valence-corrected chi connectivity index (χ1v) is 12.7. The van der Waals surface area contributed by atoms with Crippen LogP contribution in [0.5, 0.6) is 17.2 Å². The summed E-state index contributed by atoms with van der Waals surface area (Å²) in [4.78, 5) is 2.43. The summed E-state index contributed by atoms with van der Waals surface area (Å²) in [6.45, 7) is 2.36. The van der Waals surface area contributed by atoms with E-state index in [4.69, 9.17) is 9.47 Å². The van der Waals surface area contributed by atoms with E-state index in [1.807, 2.05) is 48.5 Å². The Morgan fingerprint density at radius 3 is 2.44 bits per heavy atom. The molecule has 1 aliphatic rings. The van der Waals surface area contributed by atoms with Crippen molar-refractivity contribution in [3.63, 3.8) is 0 Å². The van der Waals surface area contributed by atoms with Crippen LogP contribution in [0.3, 0.4) is 0 Å². The number of nitrogens with zero attached hydrogens (tertiary/aromatic N) is 1. The summed E-state index contributed by atoms with van der Waals surface area (Å²) in [6, 6.07) is 24.8. The number of methoxy groups -OCH3 is 1. The Morgan fingerprint density at radius 2 is 1.67 bits per heavy atom. The van der Waals surface area contributed by atoms with E-state index < -0.39 is 0 Å². The Labute approximate surface area is 212 Å². The summed E-state index contributed by atoms with van der Waals surface area (Å²) < 4.78 is 25.9. The Morgan fingerprint density at radius 1 is 0.861 bits per heavy atom. The van der Waals surface area contributed by atoms with E-state index in [2.05, 4.69) is 29.3 Å². The molecule has 0 unspecified atom stereocenters. The minimum absolute atomic E-state index is 0.271. The molecule has 0 radical (unpaired) electrons. The highest BCUT2D eigenvalue weighted by atomic mass is 19.1. The molecule has 1 saturated heterocycles. The van der Waals surface area contributed by atoms with Crippen LogP contribution in [-0.2, 0) is 6.42 Å². The van der Waals surface area contributed by atoms with Gasteiger partial charge in [0.1, 0.15) is 23.1 Å². The predicted octanol–water partition coefficient (Wildman–Crippen LogP) is 8.38. The standard InChI is InChI=1S/C32H32FNO2/c1-35-29-16-18-31-26(23-29)13-17-30(25-9-7-10-27(33)22-25)32(31)36-28-14-11-24(12-15-28)8-3-6-21-34-19-4-2-5-20-34/h6-7,9-18,21-23H,2-5,8,19-20H2,1H3/b21-6+. The molecule has 5 rings (SSSR count). The van der Waals surface area contributed by atoms with Gasteiger partial charge in [-0.15, -0.1) is 0 Å². The van der Waals surface area contributed by atoms with Crippen LogP contribution in [0.4, 0.5) is 4.39 Å². The molecule has 36 heavy (non-hydrogen) atoms. The highest BCUT2D eigenvalue weighted by molar-refractivity contribution is 5.96. The quantitative estimate of drug-likeness (QED) is 0.252. The smallest absolute Gasteiger partial charge is 0.143 e. The Bertz CT molecular complexity index is 1340. The van der Waals surface area contributed by atoms with Crippen molar-refractivity contribution < 1.29 is 13.9 Å². The number of fused-ring (bicyclic) bond motifs is 1. The number of benzene rings is 4. The van der Waals surface area contributed by atoms with E-state index >= 15 is 0 Å². The van der Waals surface area contributed by atoms with Crippen LogP contribution < -0.4 is 9.47 Å². The second-order valence-corrected chi connectivity index (χ2v) is 9.31. The van der Waals surface area contributed by atoms with Crippen molar-refractivity contribution in [2.75, 3.05) is 20.2 Å². The molecule has 0 spiro atoms. The maximum atomic E-state index is 14.0. The van der Waals surface area contributed by atoms with Gasteiger partial charge in [-0.3, -0.25) is 0 Å². The van der Waals surface area contributed by atoms with Crippen molar-refractivity contribution in [3.8, 4) is 28.4 Å². The van der Waals surface area contributed by atoms with E-state index in [9.17, 15) is 4.39 Å². The fraction of sp³-hybridized carbons (Fsp3) is 0.250. The van der Waals surface area contributed by atoms with Crippen LogP contribution in [0.2, 0.25) is 0 Å². The Kier molecular flexibility index (Phi) is 7.51. The number of rotatable bonds is 8. The number of allylic oxidation sites excluding steroid dienone is 1. The third kappa shape index (κ3) is 5.71. The second-order valence-electron chi connectivity index (χ2n) is 9.31. The van der Waals surface area contributed by atoms with Crippen LogP contribution >= 0.6 is 0 Å². The van der Waals surface area contributed by atoms with Crippen molar-refractivity contribution >= 4 is 10.8 Å². The number of ether oxygens (including phenoxy) is 2. The fourth-order valence-electron chi connectivity index (χ4n) is 4.78. The van der Waals surface area contributed by atoms with Gasteiger partial charge in [0, 0.05) is 24.0 Å². The average molecular weight is 482 g/mol. The summed E-state index contributed by atoms with van der Waals surface area (Å²) in [5, 5.41) is 1.95. The third-order valence-corrected chi connectivity index (χ3v) is 6.76. The zero-order valence-electron chi connectivity index (χ0n) is 20.8. The fourth-order valence-corrected chi connectivity index (χ4v) is 4.78. The van der Waals surface area contributed by atoms with Gasteiger partial charge in [0.15, 0.2) is 0 Å². The second kappa shape index (κ2) is 11.3. The van der Waals surface area contributed by atoms with Crippen LogP contribution in [0.15, 0.2) is 91.1 Å². The minimum atomic E-state index is -0.271. The Hall–Kier alpha value is -3.79. The first-order chi connectivity index (χ1) is 17.7. The zero-order valence-corrected chi connectivity index (χ0v) is 20.8. The van der Waals surface area contributed by atoms with Crippen molar-refractivity contribution in [3.05, 3.63) is 103 Å². The molecule has 0 N–H and O–H groups in total. The normalized spacial score (nSPS) is 13.9. The van der Waals surface area contributed by atoms with Crippen molar-refractivity contribution in [1.82, 2.24) is 4.90 Å². The molecule has 0 atom stereocenters. The number of hydrogen-bond donors (Lipinski definition) is 0. The van der Waals surface area contributed by atoms with Crippen LogP contribution in [-0.4, -0.2) is 25.1 Å². The topological polar surface area (TPSA) is 21.7 Å². The van der Waals surface area contributed by atoms with Gasteiger partial charge in [0.05, 0.1) is 7.11 Å². The maximum absolute atomic E-state index is 14.0. The summed E-state index contributed by atoms with van der Waals surface area (Å²) in [5.41, 5.74) is 2.90. The van der Waals surface area contributed by atoms with Crippen molar-refractivity contribution in [2.24, 2.45) is 0 Å². The summed E-state index contributed by atoms with van der Waals surface area (Å²) in [7, 11) is 1.66. The molecule has 1 aliphatic heterocycles. The molecule has 3 nitrogen and oxygen atoms in total. The largest absolute Gasteiger partial charge is 0.497 e. The van der Waals surface area contributed by atoms with Gasteiger partial charge in [-0.2, -0.15) is 0 Å². The van der Waals surface area contributed by atoms with Crippen LogP contribution in [0.25, 0.3) is 21.9 Å². The summed E-state index contributed by atoms with van der Waals surface area (Å²) in [5.74, 6) is 1.97. The molecular weight excluding hydrogens is 449 g/mol. The zero-order chi connectivity index (χ0) is 24.7. The summed E-state index contributed by atoms with van der Waals surface area (Å²) >= 11 is 0. The molecule has 0 aliphatic carbocycles. The van der Waals surface area contributed by atoms with Gasteiger partial charge in [-0.1, -0.05) is 36.4 Å². The molecule has 4 aromatic carbocycles. The van der Waals surface area contributed by atoms with Crippen molar-refractivity contribution in [1.29, 1.82) is 0 Å². The van der Waals surface area contributed by atoms with E-state index in [1.165, 1.54) is 50.0 Å². The molecule has 1 fully saturated rings. The highest BCUT2D eigenvalue weighted by Crippen LogP contribution is 2.40. The van der Waals surface area contributed by atoms with E-state index in [1.54, 1.807) is 13.2 Å². The lowest BCUT2D eigenvalue weighted by molar-refractivity contribution is 0.308. The Balaban J connectivity index is 1.36. The molecule has 1 heterocycles. The summed E-state index contributed by atoms with van der Waals surface area (Å²) in [6.07, 6.45) is 10.5. The maximum Gasteiger partial charge on any atom is 0.143 e. The lowest BCUT2D eigenvalue weighted by Gasteiger charge is -2.24. The molecular formula is C32H32FNO2. The van der Waals surface area contributed by atoms with Gasteiger partial charge in [-0.05, 0) is 103 Å².